The molecule has 14 heteroatoms. The molecule has 0 radical (unpaired) electrons. The van der Waals surface area contributed by atoms with E-state index in [1.807, 2.05) is 9.80 Å². The number of rotatable bonds is 4. The van der Waals surface area contributed by atoms with Crippen LogP contribution in [0.25, 0.3) is 21.9 Å². The number of methoxy groups -OCH3 is 1. The summed E-state index contributed by atoms with van der Waals surface area (Å²) in [4.78, 5) is 51.2. The molecule has 2 saturated heterocycles. The lowest BCUT2D eigenvalue weighted by molar-refractivity contribution is 0.0600. The van der Waals surface area contributed by atoms with Crippen molar-refractivity contribution in [3.8, 4) is 0 Å². The van der Waals surface area contributed by atoms with Crippen LogP contribution in [0.3, 0.4) is 0 Å². The number of carboxylic acid groups (broad SMARTS) is 1. The van der Waals surface area contributed by atoms with Gasteiger partial charge in [-0.15, -0.1) is 0 Å². The first kappa shape index (κ1) is 30.7. The molecule has 0 bridgehead atoms. The fraction of sp³-hybridized carbons (Fsp3) is 0.310. The van der Waals surface area contributed by atoms with Gasteiger partial charge in [0.2, 0.25) is 0 Å². The quantitative estimate of drug-likeness (QED) is 0.300. The number of hydrogen-bond acceptors (Lipinski definition) is 11. The van der Waals surface area contributed by atoms with Gasteiger partial charge in [-0.3, -0.25) is 9.59 Å². The molecule has 43 heavy (non-hydrogen) atoms. The van der Waals surface area contributed by atoms with E-state index in [4.69, 9.17) is 23.4 Å². The lowest BCUT2D eigenvalue weighted by atomic mass is 10.1. The molecule has 4 aromatic rings. The monoisotopic (exact) mass is 720 g/mol. The molecule has 2 aromatic heterocycles. The maximum atomic E-state index is 12.4. The third-order valence-corrected chi connectivity index (χ3v) is 8.03. The number of carbonyl (C=O) groups excluding carboxylic acids is 1. The number of aromatic carboxylic acids is 1. The molecule has 4 heterocycles. The number of morpholine rings is 2. The van der Waals surface area contributed by atoms with Gasteiger partial charge >= 0.3 is 11.9 Å². The van der Waals surface area contributed by atoms with E-state index in [1.54, 1.807) is 6.07 Å². The van der Waals surface area contributed by atoms with Crippen molar-refractivity contribution in [3.05, 3.63) is 76.9 Å². The van der Waals surface area contributed by atoms with Gasteiger partial charge in [0.05, 0.1) is 64.4 Å². The molecule has 226 valence electrons. The molecule has 0 atom stereocenters. The number of hydrogen-bond donors (Lipinski definition) is 1. The first-order valence-corrected chi connectivity index (χ1v) is 14.8. The summed E-state index contributed by atoms with van der Waals surface area (Å²) in [7, 11) is 1.30. The Labute approximate surface area is 261 Å². The first-order chi connectivity index (χ1) is 20.7. The van der Waals surface area contributed by atoms with E-state index < -0.39 is 11.9 Å². The van der Waals surface area contributed by atoms with Crippen LogP contribution >= 0.6 is 31.9 Å². The Morgan fingerprint density at radius 2 is 1.14 bits per heavy atom. The van der Waals surface area contributed by atoms with Crippen LogP contribution in [-0.4, -0.2) is 76.8 Å². The van der Waals surface area contributed by atoms with Crippen molar-refractivity contribution in [2.75, 3.05) is 69.5 Å². The van der Waals surface area contributed by atoms with Crippen molar-refractivity contribution in [1.29, 1.82) is 0 Å². The van der Waals surface area contributed by atoms with E-state index in [0.29, 0.717) is 95.4 Å². The second-order valence-corrected chi connectivity index (χ2v) is 11.3. The molecule has 0 spiro atoms. The molecule has 0 aliphatic carbocycles. The first-order valence-electron chi connectivity index (χ1n) is 13.2. The van der Waals surface area contributed by atoms with E-state index in [9.17, 15) is 19.2 Å². The van der Waals surface area contributed by atoms with Crippen LogP contribution in [0.15, 0.2) is 63.8 Å². The molecule has 2 aromatic carbocycles. The molecule has 2 aliphatic heterocycles. The summed E-state index contributed by atoms with van der Waals surface area (Å²) >= 11 is 6.62. The number of esters is 1. The highest BCUT2D eigenvalue weighted by Gasteiger charge is 2.20. The van der Waals surface area contributed by atoms with Gasteiger partial charge in [0.25, 0.3) is 0 Å². The maximum Gasteiger partial charge on any atom is 0.337 e. The van der Waals surface area contributed by atoms with Gasteiger partial charge in [0.1, 0.15) is 0 Å². The summed E-state index contributed by atoms with van der Waals surface area (Å²) in [6, 6.07) is 8.67. The van der Waals surface area contributed by atoms with Gasteiger partial charge in [-0.2, -0.15) is 0 Å². The topological polar surface area (TPSA) is 149 Å². The second kappa shape index (κ2) is 13.3. The number of halogens is 2. The third-order valence-electron chi connectivity index (χ3n) is 6.85. The zero-order valence-corrected chi connectivity index (χ0v) is 26.1. The molecular weight excluding hydrogens is 696 g/mol. The molecule has 0 amide bonds. The lowest BCUT2D eigenvalue weighted by Gasteiger charge is -2.27. The number of anilines is 2. The van der Waals surface area contributed by atoms with Crippen molar-refractivity contribution < 1.29 is 37.7 Å². The fourth-order valence-corrected chi connectivity index (χ4v) is 5.73. The second-order valence-electron chi connectivity index (χ2n) is 9.56. The predicted molar refractivity (Wildman–Crippen MR) is 165 cm³/mol. The van der Waals surface area contributed by atoms with Crippen molar-refractivity contribution in [2.24, 2.45) is 0 Å². The highest BCUT2D eigenvalue weighted by Crippen LogP contribution is 2.29. The van der Waals surface area contributed by atoms with Crippen molar-refractivity contribution >= 4 is 77.5 Å². The van der Waals surface area contributed by atoms with E-state index in [1.165, 1.54) is 37.4 Å². The van der Waals surface area contributed by atoms with E-state index in [0.717, 1.165) is 0 Å². The molecule has 2 fully saturated rings. The number of nitrogens with zero attached hydrogens (tertiary/aromatic N) is 2. The molecule has 1 N–H and O–H groups in total. The predicted octanol–water partition coefficient (Wildman–Crippen LogP) is 4.27. The summed E-state index contributed by atoms with van der Waals surface area (Å²) in [6.07, 6.45) is 0. The average Bonchev–Trinajstić information content (AvgIpc) is 3.02. The van der Waals surface area contributed by atoms with Gasteiger partial charge in [-0.25, -0.2) is 9.59 Å². The van der Waals surface area contributed by atoms with Gasteiger partial charge in [0, 0.05) is 38.3 Å². The summed E-state index contributed by atoms with van der Waals surface area (Å²) in [5, 5.41) is 9.63. The minimum Gasteiger partial charge on any atom is -0.478 e. The zero-order chi connectivity index (χ0) is 30.7. The van der Waals surface area contributed by atoms with Crippen molar-refractivity contribution in [3.63, 3.8) is 0 Å². The van der Waals surface area contributed by atoms with E-state index in [-0.39, 0.29) is 21.8 Å². The Balaban J connectivity index is 0.000000171. The van der Waals surface area contributed by atoms with E-state index in [2.05, 4.69) is 36.6 Å². The zero-order valence-electron chi connectivity index (χ0n) is 22.9. The van der Waals surface area contributed by atoms with Crippen molar-refractivity contribution in [2.45, 2.75) is 0 Å². The fourth-order valence-electron chi connectivity index (χ4n) is 4.65. The maximum absolute atomic E-state index is 12.4. The van der Waals surface area contributed by atoms with Gasteiger partial charge < -0.3 is 38.0 Å². The molecular formula is C29H26Br2N2O10. The molecule has 0 saturated carbocycles. The van der Waals surface area contributed by atoms with Gasteiger partial charge in [0.15, 0.2) is 33.8 Å². The number of benzene rings is 2. The standard InChI is InChI=1S/C15H14BrNO5.C14H12BrNO5/c1-20-15(19)9-6-10-12(18)8-13(17-2-4-21-5-3-17)22-14(10)11(16)7-9;15-10-6-8(14(18)19)5-9-11(17)7-12(21-13(9)10)16-1-3-20-4-2-16/h6-8H,2-5H2,1H3;5-7H,1-4H2,(H,18,19). The lowest BCUT2D eigenvalue weighted by Crippen LogP contribution is -2.36. The van der Waals surface area contributed by atoms with Crippen LogP contribution in [0, 0.1) is 0 Å². The number of carbonyl (C=O) groups is 2. The molecule has 2 aliphatic rings. The SMILES string of the molecule is COC(=O)c1cc(Br)c2oc(N3CCOCC3)cc(=O)c2c1.O=C(O)c1cc(Br)c2oc(N3CCOCC3)cc(=O)c2c1. The number of carboxylic acids is 1. The summed E-state index contributed by atoms with van der Waals surface area (Å²) in [5.74, 6) is -0.611. The smallest absolute Gasteiger partial charge is 0.337 e. The van der Waals surface area contributed by atoms with Crippen LogP contribution in [-0.2, 0) is 14.2 Å². The minimum atomic E-state index is -1.09. The molecule has 6 rings (SSSR count). The van der Waals surface area contributed by atoms with Crippen LogP contribution in [0.4, 0.5) is 11.8 Å². The normalized spacial score (nSPS) is 15.2. The Bertz CT molecular complexity index is 1810. The Kier molecular flexibility index (Phi) is 9.49. The molecule has 0 unspecified atom stereocenters. The Morgan fingerprint density at radius 3 is 1.56 bits per heavy atom. The van der Waals surface area contributed by atoms with Crippen LogP contribution < -0.4 is 20.7 Å². The Hall–Kier alpha value is -3.72. The van der Waals surface area contributed by atoms with Crippen molar-refractivity contribution in [1.82, 2.24) is 0 Å². The van der Waals surface area contributed by atoms with Crippen LogP contribution in [0.1, 0.15) is 20.7 Å². The average molecular weight is 722 g/mol. The summed E-state index contributed by atoms with van der Waals surface area (Å²) < 4.78 is 27.9. The number of ether oxygens (including phenoxy) is 3. The summed E-state index contributed by atoms with van der Waals surface area (Å²) in [6.45, 7) is 5.02. The summed E-state index contributed by atoms with van der Waals surface area (Å²) in [5.41, 5.74) is 0.653. The largest absolute Gasteiger partial charge is 0.478 e. The minimum absolute atomic E-state index is 0.0424. The van der Waals surface area contributed by atoms with Crippen LogP contribution in [0.2, 0.25) is 0 Å². The Morgan fingerprint density at radius 1 is 0.721 bits per heavy atom. The van der Waals surface area contributed by atoms with Crippen LogP contribution in [0.5, 0.6) is 0 Å². The van der Waals surface area contributed by atoms with Gasteiger partial charge in [-0.1, -0.05) is 0 Å². The highest BCUT2D eigenvalue weighted by molar-refractivity contribution is 9.11. The van der Waals surface area contributed by atoms with Gasteiger partial charge in [-0.05, 0) is 56.1 Å². The highest BCUT2D eigenvalue weighted by atomic mass is 79.9. The molecule has 12 nitrogen and oxygen atoms in total. The number of fused-ring (bicyclic) bond motifs is 2. The van der Waals surface area contributed by atoms with E-state index >= 15 is 0 Å². The third kappa shape index (κ3) is 6.77.